The molecule has 0 aliphatic carbocycles. The number of morpholine rings is 1. The smallest absolute Gasteiger partial charge is 0.223 e. The zero-order valence-electron chi connectivity index (χ0n) is 16.5. The number of halogens is 1. The van der Waals surface area contributed by atoms with E-state index in [0.717, 1.165) is 22.4 Å². The highest BCUT2D eigenvalue weighted by molar-refractivity contribution is 6.30. The highest BCUT2D eigenvalue weighted by Crippen LogP contribution is 2.24. The number of rotatable bonds is 5. The maximum absolute atomic E-state index is 12.7. The Morgan fingerprint density at radius 3 is 2.63 bits per heavy atom. The summed E-state index contributed by atoms with van der Waals surface area (Å²) in [6.07, 6.45) is 4.41. The van der Waals surface area contributed by atoms with Gasteiger partial charge in [0.2, 0.25) is 5.91 Å². The van der Waals surface area contributed by atoms with Crippen LogP contribution < -0.4 is 5.73 Å². The lowest BCUT2D eigenvalue weighted by atomic mass is 10.1. The summed E-state index contributed by atoms with van der Waals surface area (Å²) < 4.78 is 5.88. The second-order valence-electron chi connectivity index (χ2n) is 7.27. The molecule has 1 amide bonds. The summed E-state index contributed by atoms with van der Waals surface area (Å²) in [6.45, 7) is 1.60. The average molecular weight is 423 g/mol. The average Bonchev–Trinajstić information content (AvgIpc) is 2.78. The molecule has 1 saturated heterocycles. The van der Waals surface area contributed by atoms with Gasteiger partial charge < -0.3 is 15.4 Å². The van der Waals surface area contributed by atoms with Gasteiger partial charge in [0, 0.05) is 41.5 Å². The lowest BCUT2D eigenvalue weighted by Crippen LogP contribution is -2.42. The predicted molar refractivity (Wildman–Crippen MR) is 117 cm³/mol. The third kappa shape index (κ3) is 4.96. The molecule has 2 aromatic heterocycles. The molecule has 154 valence electrons. The molecule has 1 aromatic carbocycles. The van der Waals surface area contributed by atoms with Gasteiger partial charge in [-0.15, -0.1) is 0 Å². The van der Waals surface area contributed by atoms with Gasteiger partial charge in [-0.25, -0.2) is 4.98 Å². The third-order valence-corrected chi connectivity index (χ3v) is 5.41. The topological polar surface area (TPSA) is 81.3 Å². The first-order valence-electron chi connectivity index (χ1n) is 9.90. The molecule has 0 radical (unpaired) electrons. The molecule has 6 nitrogen and oxygen atoms in total. The van der Waals surface area contributed by atoms with Gasteiger partial charge in [-0.2, -0.15) is 0 Å². The molecule has 1 atom stereocenters. The molecule has 7 heteroatoms. The number of nitrogen functional groups attached to an aromatic ring is 1. The number of benzene rings is 1. The number of aryl methyl sites for hydroxylation is 1. The van der Waals surface area contributed by atoms with Gasteiger partial charge in [-0.1, -0.05) is 29.8 Å². The van der Waals surface area contributed by atoms with Crippen LogP contribution in [0.5, 0.6) is 0 Å². The van der Waals surface area contributed by atoms with Crippen molar-refractivity contribution in [2.45, 2.75) is 18.9 Å². The Morgan fingerprint density at radius 2 is 1.93 bits per heavy atom. The molecule has 3 aromatic rings. The number of carbonyl (C=O) groups excluding carboxylic acids is 1. The maximum Gasteiger partial charge on any atom is 0.223 e. The second-order valence-corrected chi connectivity index (χ2v) is 7.71. The Kier molecular flexibility index (Phi) is 6.26. The zero-order valence-corrected chi connectivity index (χ0v) is 17.3. The van der Waals surface area contributed by atoms with Crippen molar-refractivity contribution in [3.05, 3.63) is 77.2 Å². The Morgan fingerprint density at radius 1 is 1.13 bits per heavy atom. The van der Waals surface area contributed by atoms with Crippen molar-refractivity contribution in [2.75, 3.05) is 25.4 Å². The summed E-state index contributed by atoms with van der Waals surface area (Å²) >= 11 is 6.03. The van der Waals surface area contributed by atoms with Crippen molar-refractivity contribution in [1.82, 2.24) is 14.9 Å². The number of pyridine rings is 2. The minimum Gasteiger partial charge on any atom is -0.384 e. The van der Waals surface area contributed by atoms with Crippen LogP contribution in [0.15, 0.2) is 60.9 Å². The monoisotopic (exact) mass is 422 g/mol. The Bertz CT molecular complexity index is 1010. The van der Waals surface area contributed by atoms with Gasteiger partial charge in [-0.3, -0.25) is 9.78 Å². The number of amides is 1. The predicted octanol–water partition coefficient (Wildman–Crippen LogP) is 3.91. The van der Waals surface area contributed by atoms with Crippen molar-refractivity contribution in [3.63, 3.8) is 0 Å². The van der Waals surface area contributed by atoms with E-state index in [9.17, 15) is 4.79 Å². The third-order valence-electron chi connectivity index (χ3n) is 5.17. The number of hydrogen-bond donors (Lipinski definition) is 1. The lowest BCUT2D eigenvalue weighted by molar-refractivity contribution is -0.139. The summed E-state index contributed by atoms with van der Waals surface area (Å²) in [5, 5.41) is 0.690. The molecule has 0 saturated carbocycles. The minimum absolute atomic E-state index is 0.118. The number of nitrogens with two attached hydrogens (primary N) is 1. The normalized spacial score (nSPS) is 16.4. The van der Waals surface area contributed by atoms with Crippen LogP contribution in [-0.2, 0) is 16.0 Å². The van der Waals surface area contributed by atoms with Crippen LogP contribution in [0.1, 0.15) is 23.8 Å². The van der Waals surface area contributed by atoms with E-state index >= 15 is 0 Å². The van der Waals surface area contributed by atoms with Gasteiger partial charge in [0.1, 0.15) is 11.9 Å². The zero-order chi connectivity index (χ0) is 20.9. The van der Waals surface area contributed by atoms with E-state index in [1.54, 1.807) is 18.5 Å². The molecular formula is C23H23ClN4O2. The molecule has 1 aliphatic rings. The molecule has 0 spiro atoms. The van der Waals surface area contributed by atoms with Gasteiger partial charge in [0.15, 0.2) is 0 Å². The molecule has 1 fully saturated rings. The molecule has 30 heavy (non-hydrogen) atoms. The molecule has 3 heterocycles. The van der Waals surface area contributed by atoms with Crippen LogP contribution in [0, 0.1) is 0 Å². The largest absolute Gasteiger partial charge is 0.384 e. The molecule has 4 rings (SSSR count). The molecule has 1 aliphatic heterocycles. The van der Waals surface area contributed by atoms with E-state index in [-0.39, 0.29) is 12.0 Å². The summed E-state index contributed by atoms with van der Waals surface area (Å²) in [4.78, 5) is 23.2. The van der Waals surface area contributed by atoms with E-state index in [1.165, 1.54) is 0 Å². The van der Waals surface area contributed by atoms with Crippen LogP contribution in [-0.4, -0.2) is 40.5 Å². The van der Waals surface area contributed by atoms with Crippen LogP contribution in [0.4, 0.5) is 5.82 Å². The number of ether oxygens (including phenoxy) is 1. The van der Waals surface area contributed by atoms with E-state index in [4.69, 9.17) is 22.1 Å². The van der Waals surface area contributed by atoms with E-state index in [0.29, 0.717) is 43.4 Å². The first kappa shape index (κ1) is 20.3. The maximum atomic E-state index is 12.7. The van der Waals surface area contributed by atoms with E-state index in [1.807, 2.05) is 47.4 Å². The van der Waals surface area contributed by atoms with Crippen LogP contribution in [0.2, 0.25) is 5.02 Å². The molecular weight excluding hydrogens is 400 g/mol. The minimum atomic E-state index is -0.229. The van der Waals surface area contributed by atoms with Gasteiger partial charge >= 0.3 is 0 Å². The second kappa shape index (κ2) is 9.24. The Hall–Kier alpha value is -2.96. The van der Waals surface area contributed by atoms with Crippen molar-refractivity contribution >= 4 is 23.3 Å². The van der Waals surface area contributed by atoms with Crippen molar-refractivity contribution in [3.8, 4) is 11.1 Å². The van der Waals surface area contributed by atoms with Gasteiger partial charge in [-0.05, 0) is 42.3 Å². The summed E-state index contributed by atoms with van der Waals surface area (Å²) in [5.74, 6) is 0.604. The fraction of sp³-hybridized carbons (Fsp3) is 0.261. The van der Waals surface area contributed by atoms with Gasteiger partial charge in [0.25, 0.3) is 0 Å². The summed E-state index contributed by atoms with van der Waals surface area (Å²) in [7, 11) is 0. The van der Waals surface area contributed by atoms with Crippen LogP contribution >= 0.6 is 11.6 Å². The standard InChI is InChI=1S/C23H23ClN4O2/c24-19-3-1-2-16(12-19)4-9-23(29)28-10-11-30-21(15-28)20-7-5-17(13-26-20)18-6-8-22(25)27-14-18/h1-3,5-8,12-14,21H,4,9-11,15H2,(H2,25,27)/t21-/m0/s1. The number of aromatic nitrogens is 2. The highest BCUT2D eigenvalue weighted by Gasteiger charge is 2.26. The SMILES string of the molecule is Nc1ccc(-c2ccc([C@@H]3CN(C(=O)CCc4cccc(Cl)c4)CCO3)nc2)cn1. The highest BCUT2D eigenvalue weighted by atomic mass is 35.5. The van der Waals surface area contributed by atoms with Crippen molar-refractivity contribution < 1.29 is 9.53 Å². The fourth-order valence-electron chi connectivity index (χ4n) is 3.50. The molecule has 0 bridgehead atoms. The number of carbonyl (C=O) groups is 1. The molecule has 0 unspecified atom stereocenters. The summed E-state index contributed by atoms with van der Waals surface area (Å²) in [6, 6.07) is 15.2. The van der Waals surface area contributed by atoms with Crippen LogP contribution in [0.3, 0.4) is 0 Å². The lowest BCUT2D eigenvalue weighted by Gasteiger charge is -2.32. The van der Waals surface area contributed by atoms with Crippen molar-refractivity contribution in [2.24, 2.45) is 0 Å². The first-order chi connectivity index (χ1) is 14.6. The van der Waals surface area contributed by atoms with Crippen molar-refractivity contribution in [1.29, 1.82) is 0 Å². The van der Waals surface area contributed by atoms with E-state index < -0.39 is 0 Å². The Labute approximate surface area is 180 Å². The van der Waals surface area contributed by atoms with Gasteiger partial charge in [0.05, 0.1) is 18.8 Å². The number of anilines is 1. The molecule has 2 N–H and O–H groups in total. The number of nitrogens with zero attached hydrogens (tertiary/aromatic N) is 3. The Balaban J connectivity index is 1.37. The fourth-order valence-corrected chi connectivity index (χ4v) is 3.71. The first-order valence-corrected chi connectivity index (χ1v) is 10.3. The quantitative estimate of drug-likeness (QED) is 0.674. The number of hydrogen-bond acceptors (Lipinski definition) is 5. The van der Waals surface area contributed by atoms with E-state index in [2.05, 4.69) is 9.97 Å². The van der Waals surface area contributed by atoms with Crippen LogP contribution in [0.25, 0.3) is 11.1 Å². The summed E-state index contributed by atoms with van der Waals surface area (Å²) in [5.41, 5.74) is 9.43.